The Morgan fingerprint density at radius 2 is 1.69 bits per heavy atom. The smallest absolute Gasteiger partial charge is 0.325 e. The molecule has 0 saturated heterocycles. The van der Waals surface area contributed by atoms with Gasteiger partial charge in [-0.05, 0) is 49.7 Å². The molecule has 1 N–H and O–H groups in total. The van der Waals surface area contributed by atoms with E-state index in [0.717, 1.165) is 11.3 Å². The summed E-state index contributed by atoms with van der Waals surface area (Å²) in [6.45, 7) is 4.56. The van der Waals surface area contributed by atoms with Crippen LogP contribution < -0.4 is 14.8 Å². The highest BCUT2D eigenvalue weighted by Gasteiger charge is 2.09. The molecule has 2 aromatic carbocycles. The maximum Gasteiger partial charge on any atom is 0.325 e. The predicted molar refractivity (Wildman–Crippen MR) is 97.6 cm³/mol. The average molecular weight is 357 g/mol. The zero-order valence-electron chi connectivity index (χ0n) is 15.0. The van der Waals surface area contributed by atoms with Crippen molar-refractivity contribution in [2.45, 2.75) is 13.8 Å². The van der Waals surface area contributed by atoms with Gasteiger partial charge in [0.1, 0.15) is 31.3 Å². The minimum atomic E-state index is -0.516. The summed E-state index contributed by atoms with van der Waals surface area (Å²) in [7, 11) is 0. The highest BCUT2D eigenvalue weighted by atomic mass is 16.6. The van der Waals surface area contributed by atoms with Crippen LogP contribution in [0.15, 0.2) is 48.5 Å². The number of carbonyl (C=O) groups excluding carboxylic acids is 2. The van der Waals surface area contributed by atoms with Gasteiger partial charge in [0.25, 0.3) is 5.91 Å². The number of ether oxygens (including phenoxy) is 3. The number of aryl methyl sites for hydroxylation is 1. The largest absolute Gasteiger partial charge is 0.494 e. The van der Waals surface area contributed by atoms with Gasteiger partial charge in [0.05, 0.1) is 6.61 Å². The summed E-state index contributed by atoms with van der Waals surface area (Å²) in [5, 5.41) is 2.52. The van der Waals surface area contributed by atoms with E-state index in [9.17, 15) is 9.59 Å². The van der Waals surface area contributed by atoms with Crippen LogP contribution in [-0.2, 0) is 9.53 Å². The summed E-state index contributed by atoms with van der Waals surface area (Å²) in [6.07, 6.45) is 0. The number of amides is 1. The Bertz CT molecular complexity index is 727. The molecule has 2 rings (SSSR count). The zero-order valence-corrected chi connectivity index (χ0v) is 15.0. The number of hydrogen-bond acceptors (Lipinski definition) is 5. The molecule has 0 aliphatic rings. The van der Waals surface area contributed by atoms with Crippen LogP contribution in [0.4, 0.5) is 0 Å². The summed E-state index contributed by atoms with van der Waals surface area (Å²) < 4.78 is 15.9. The Kier molecular flexibility index (Phi) is 7.49. The molecule has 2 aromatic rings. The summed E-state index contributed by atoms with van der Waals surface area (Å²) in [6, 6.07) is 14.3. The maximum absolute atomic E-state index is 12.0. The first-order chi connectivity index (χ1) is 12.6. The maximum atomic E-state index is 12.0. The number of nitrogens with one attached hydrogen (secondary N) is 1. The SMILES string of the molecule is CCOc1ccc(C(=O)NCC(=O)OCCOc2ccccc2C)cc1. The monoisotopic (exact) mass is 357 g/mol. The number of hydrogen-bond donors (Lipinski definition) is 1. The quantitative estimate of drug-likeness (QED) is 0.552. The third-order valence-corrected chi connectivity index (χ3v) is 3.52. The number of benzene rings is 2. The van der Waals surface area contributed by atoms with Crippen LogP contribution in [0.1, 0.15) is 22.8 Å². The van der Waals surface area contributed by atoms with Gasteiger partial charge >= 0.3 is 5.97 Å². The molecule has 138 valence electrons. The Balaban J connectivity index is 1.66. The van der Waals surface area contributed by atoms with Crippen molar-refractivity contribution in [2.24, 2.45) is 0 Å². The Morgan fingerprint density at radius 1 is 0.962 bits per heavy atom. The molecule has 0 aliphatic heterocycles. The average Bonchev–Trinajstić information content (AvgIpc) is 2.65. The molecule has 0 unspecified atom stereocenters. The molecular formula is C20H23NO5. The van der Waals surface area contributed by atoms with Crippen molar-refractivity contribution >= 4 is 11.9 Å². The van der Waals surface area contributed by atoms with Crippen molar-refractivity contribution in [1.82, 2.24) is 5.32 Å². The van der Waals surface area contributed by atoms with E-state index in [2.05, 4.69) is 5.32 Å². The van der Waals surface area contributed by atoms with Crippen LogP contribution in [0.3, 0.4) is 0 Å². The fourth-order valence-electron chi connectivity index (χ4n) is 2.20. The minimum absolute atomic E-state index is 0.117. The van der Waals surface area contributed by atoms with Crippen LogP contribution in [-0.4, -0.2) is 38.2 Å². The molecule has 0 bridgehead atoms. The summed E-state index contributed by atoms with van der Waals surface area (Å²) in [5.41, 5.74) is 1.46. The van der Waals surface area contributed by atoms with Crippen LogP contribution in [0.5, 0.6) is 11.5 Å². The second-order valence-electron chi connectivity index (χ2n) is 5.47. The fourth-order valence-corrected chi connectivity index (χ4v) is 2.20. The first-order valence-electron chi connectivity index (χ1n) is 8.45. The lowest BCUT2D eigenvalue weighted by Gasteiger charge is -2.10. The fraction of sp³-hybridized carbons (Fsp3) is 0.300. The second kappa shape index (κ2) is 10.1. The Labute approximate surface area is 153 Å². The van der Waals surface area contributed by atoms with Gasteiger partial charge in [0, 0.05) is 5.56 Å². The third kappa shape index (κ3) is 6.12. The van der Waals surface area contributed by atoms with E-state index < -0.39 is 5.97 Å². The van der Waals surface area contributed by atoms with Crippen LogP contribution >= 0.6 is 0 Å². The molecule has 0 saturated carbocycles. The molecule has 0 atom stereocenters. The van der Waals surface area contributed by atoms with Crippen molar-refractivity contribution in [3.05, 3.63) is 59.7 Å². The Hall–Kier alpha value is -3.02. The van der Waals surface area contributed by atoms with E-state index in [1.165, 1.54) is 0 Å². The van der Waals surface area contributed by atoms with Crippen molar-refractivity contribution in [1.29, 1.82) is 0 Å². The van der Waals surface area contributed by atoms with Gasteiger partial charge in [-0.15, -0.1) is 0 Å². The number of carbonyl (C=O) groups is 2. The normalized spacial score (nSPS) is 10.1. The molecule has 0 aromatic heterocycles. The van der Waals surface area contributed by atoms with E-state index in [1.807, 2.05) is 38.1 Å². The topological polar surface area (TPSA) is 73.9 Å². The first kappa shape index (κ1) is 19.3. The minimum Gasteiger partial charge on any atom is -0.494 e. The lowest BCUT2D eigenvalue weighted by atomic mass is 10.2. The number of rotatable bonds is 9. The van der Waals surface area contributed by atoms with Crippen molar-refractivity contribution in [3.8, 4) is 11.5 Å². The summed E-state index contributed by atoms with van der Waals surface area (Å²) >= 11 is 0. The molecular weight excluding hydrogens is 334 g/mol. The molecule has 0 radical (unpaired) electrons. The summed E-state index contributed by atoms with van der Waals surface area (Å²) in [4.78, 5) is 23.7. The van der Waals surface area contributed by atoms with Crippen molar-refractivity contribution < 1.29 is 23.8 Å². The van der Waals surface area contributed by atoms with Gasteiger partial charge in [-0.2, -0.15) is 0 Å². The van der Waals surface area contributed by atoms with Gasteiger partial charge in [0.2, 0.25) is 0 Å². The van der Waals surface area contributed by atoms with E-state index in [4.69, 9.17) is 14.2 Å². The van der Waals surface area contributed by atoms with E-state index >= 15 is 0 Å². The molecule has 0 heterocycles. The Morgan fingerprint density at radius 3 is 2.38 bits per heavy atom. The predicted octanol–water partition coefficient (Wildman–Crippen LogP) is 2.75. The van der Waals surface area contributed by atoms with Gasteiger partial charge < -0.3 is 19.5 Å². The van der Waals surface area contributed by atoms with Gasteiger partial charge in [0.15, 0.2) is 0 Å². The molecule has 0 aliphatic carbocycles. The second-order valence-corrected chi connectivity index (χ2v) is 5.47. The number of para-hydroxylation sites is 1. The summed E-state index contributed by atoms with van der Waals surface area (Å²) in [5.74, 6) is 0.586. The molecule has 1 amide bonds. The van der Waals surface area contributed by atoms with E-state index in [0.29, 0.717) is 17.9 Å². The zero-order chi connectivity index (χ0) is 18.8. The first-order valence-corrected chi connectivity index (χ1v) is 8.45. The third-order valence-electron chi connectivity index (χ3n) is 3.52. The van der Waals surface area contributed by atoms with Gasteiger partial charge in [-0.1, -0.05) is 18.2 Å². The molecule has 0 spiro atoms. The van der Waals surface area contributed by atoms with Gasteiger partial charge in [-0.25, -0.2) is 0 Å². The van der Waals surface area contributed by atoms with Crippen LogP contribution in [0, 0.1) is 6.92 Å². The molecule has 6 nitrogen and oxygen atoms in total. The van der Waals surface area contributed by atoms with Crippen molar-refractivity contribution in [3.63, 3.8) is 0 Å². The lowest BCUT2D eigenvalue weighted by molar-refractivity contribution is -0.143. The molecule has 26 heavy (non-hydrogen) atoms. The van der Waals surface area contributed by atoms with Crippen molar-refractivity contribution in [2.75, 3.05) is 26.4 Å². The lowest BCUT2D eigenvalue weighted by Crippen LogP contribution is -2.31. The molecule has 6 heteroatoms. The highest BCUT2D eigenvalue weighted by Crippen LogP contribution is 2.15. The molecule has 0 fully saturated rings. The van der Waals surface area contributed by atoms with E-state index in [1.54, 1.807) is 24.3 Å². The van der Waals surface area contributed by atoms with E-state index in [-0.39, 0.29) is 25.7 Å². The van der Waals surface area contributed by atoms with Crippen LogP contribution in [0.25, 0.3) is 0 Å². The standard InChI is InChI=1S/C20H23NO5/c1-3-24-17-10-8-16(9-11-17)20(23)21-14-19(22)26-13-12-25-18-7-5-4-6-15(18)2/h4-11H,3,12-14H2,1-2H3,(H,21,23). The van der Waals surface area contributed by atoms with Gasteiger partial charge in [-0.3, -0.25) is 9.59 Å². The highest BCUT2D eigenvalue weighted by molar-refractivity contribution is 5.96. The number of esters is 1. The van der Waals surface area contributed by atoms with Crippen LogP contribution in [0.2, 0.25) is 0 Å².